The zero-order valence-electron chi connectivity index (χ0n) is 4.27. The first kappa shape index (κ1) is 5.61. The molecule has 0 aromatic carbocycles. The van der Waals surface area contributed by atoms with Gasteiger partial charge in [-0.1, -0.05) is 0 Å². The molecule has 9 heavy (non-hydrogen) atoms. The first-order valence-electron chi connectivity index (χ1n) is 2.11. The minimum absolute atomic E-state index is 0.0648. The van der Waals surface area contributed by atoms with Crippen molar-refractivity contribution < 1.29 is 14.2 Å². The zero-order valence-corrected chi connectivity index (χ0v) is 4.27. The van der Waals surface area contributed by atoms with Crippen molar-refractivity contribution in [3.05, 3.63) is 11.4 Å². The average Bonchev–Trinajstić information content (AvgIpc) is 2.33. The van der Waals surface area contributed by atoms with Crippen LogP contribution >= 0.6 is 0 Å². The summed E-state index contributed by atoms with van der Waals surface area (Å²) in [6.45, 7) is 0. The molecule has 0 aliphatic heterocycles. The molecular weight excluding hydrogens is 124 g/mol. The number of hydrogen-bond acceptors (Lipinski definition) is 5. The SMILES string of the molecule is O=Cc1nonc1C=O. The first-order valence-corrected chi connectivity index (χ1v) is 2.11. The summed E-state index contributed by atoms with van der Waals surface area (Å²) in [7, 11) is 0. The van der Waals surface area contributed by atoms with Gasteiger partial charge < -0.3 is 0 Å². The van der Waals surface area contributed by atoms with E-state index in [2.05, 4.69) is 14.9 Å². The van der Waals surface area contributed by atoms with Gasteiger partial charge in [0.25, 0.3) is 0 Å². The lowest BCUT2D eigenvalue weighted by molar-refractivity contribution is 0.109. The Balaban J connectivity index is 3.12. The predicted molar refractivity (Wildman–Crippen MR) is 25.1 cm³/mol. The largest absolute Gasteiger partial charge is 0.296 e. The van der Waals surface area contributed by atoms with E-state index in [-0.39, 0.29) is 11.4 Å². The quantitative estimate of drug-likeness (QED) is 0.508. The highest BCUT2D eigenvalue weighted by atomic mass is 16.6. The Morgan fingerprint density at radius 3 is 1.89 bits per heavy atom. The summed E-state index contributed by atoms with van der Waals surface area (Å²) in [5.74, 6) is 0. The van der Waals surface area contributed by atoms with Crippen LogP contribution in [0.4, 0.5) is 0 Å². The monoisotopic (exact) mass is 126 g/mol. The maximum atomic E-state index is 9.93. The van der Waals surface area contributed by atoms with Crippen LogP contribution in [0.3, 0.4) is 0 Å². The number of carbonyl (C=O) groups excluding carboxylic acids is 2. The van der Waals surface area contributed by atoms with E-state index in [9.17, 15) is 9.59 Å². The number of hydrogen-bond donors (Lipinski definition) is 0. The van der Waals surface area contributed by atoms with E-state index < -0.39 is 0 Å². The molecule has 5 heteroatoms. The molecule has 0 spiro atoms. The molecule has 1 heterocycles. The van der Waals surface area contributed by atoms with E-state index in [1.54, 1.807) is 0 Å². The Labute approximate surface area is 49.6 Å². The number of rotatable bonds is 2. The smallest absolute Gasteiger partial charge is 0.178 e. The summed E-state index contributed by atoms with van der Waals surface area (Å²) in [6, 6.07) is 0. The van der Waals surface area contributed by atoms with Gasteiger partial charge >= 0.3 is 0 Å². The van der Waals surface area contributed by atoms with Gasteiger partial charge in [0.05, 0.1) is 0 Å². The fourth-order valence-corrected chi connectivity index (χ4v) is 0.366. The van der Waals surface area contributed by atoms with Gasteiger partial charge in [-0.25, -0.2) is 4.63 Å². The van der Waals surface area contributed by atoms with Crippen molar-refractivity contribution in [1.82, 2.24) is 10.3 Å². The minimum Gasteiger partial charge on any atom is -0.296 e. The molecule has 0 saturated heterocycles. The summed E-state index contributed by atoms with van der Waals surface area (Å²) in [6.07, 6.45) is 0.806. The zero-order chi connectivity index (χ0) is 6.69. The maximum absolute atomic E-state index is 9.93. The minimum atomic E-state index is -0.0648. The van der Waals surface area contributed by atoms with Crippen molar-refractivity contribution in [1.29, 1.82) is 0 Å². The van der Waals surface area contributed by atoms with Gasteiger partial charge in [0, 0.05) is 0 Å². The summed E-state index contributed by atoms with van der Waals surface area (Å²) < 4.78 is 4.06. The molecule has 1 rings (SSSR count). The second kappa shape index (κ2) is 2.17. The van der Waals surface area contributed by atoms with Crippen molar-refractivity contribution in [3.63, 3.8) is 0 Å². The molecule has 0 atom stereocenters. The number of aldehydes is 2. The van der Waals surface area contributed by atoms with Gasteiger partial charge in [-0.3, -0.25) is 9.59 Å². The lowest BCUT2D eigenvalue weighted by Gasteiger charge is -1.70. The van der Waals surface area contributed by atoms with Crippen LogP contribution in [0.5, 0.6) is 0 Å². The molecule has 0 aliphatic rings. The van der Waals surface area contributed by atoms with Gasteiger partial charge in [-0.15, -0.1) is 0 Å². The van der Waals surface area contributed by atoms with Gasteiger partial charge in [0.15, 0.2) is 24.0 Å². The molecule has 0 N–H and O–H groups in total. The Kier molecular flexibility index (Phi) is 1.35. The normalized spacial score (nSPS) is 8.89. The first-order chi connectivity index (χ1) is 4.38. The van der Waals surface area contributed by atoms with Gasteiger partial charge in [-0.05, 0) is 10.3 Å². The predicted octanol–water partition coefficient (Wildman–Crippen LogP) is -0.305. The van der Waals surface area contributed by atoms with Crippen LogP contribution in [0, 0.1) is 0 Å². The third-order valence-electron chi connectivity index (χ3n) is 0.764. The fourth-order valence-electron chi connectivity index (χ4n) is 0.366. The molecule has 1 aromatic rings. The highest BCUT2D eigenvalue weighted by Crippen LogP contribution is 1.92. The van der Waals surface area contributed by atoms with E-state index in [1.165, 1.54) is 0 Å². The average molecular weight is 126 g/mol. The Hall–Kier alpha value is -1.52. The standard InChI is InChI=1S/C4H2N2O3/c7-1-3-4(2-8)6-9-5-3/h1-2H. The molecular formula is C4H2N2O3. The van der Waals surface area contributed by atoms with Crippen molar-refractivity contribution in [2.45, 2.75) is 0 Å². The Morgan fingerprint density at radius 2 is 1.56 bits per heavy atom. The van der Waals surface area contributed by atoms with Crippen molar-refractivity contribution in [2.24, 2.45) is 0 Å². The number of nitrogens with zero attached hydrogens (tertiary/aromatic N) is 2. The van der Waals surface area contributed by atoms with Crippen LogP contribution in [-0.4, -0.2) is 22.9 Å². The number of carbonyl (C=O) groups is 2. The third kappa shape index (κ3) is 0.835. The maximum Gasteiger partial charge on any atom is 0.178 e. The molecule has 46 valence electrons. The molecule has 0 bridgehead atoms. The summed E-state index contributed by atoms with van der Waals surface area (Å²) in [5.41, 5.74) is -0.130. The lowest BCUT2D eigenvalue weighted by atomic mass is 10.4. The number of aromatic nitrogens is 2. The Bertz CT molecular complexity index is 207. The van der Waals surface area contributed by atoms with Gasteiger partial charge in [0.2, 0.25) is 0 Å². The van der Waals surface area contributed by atoms with Crippen LogP contribution in [0.2, 0.25) is 0 Å². The van der Waals surface area contributed by atoms with Crippen LogP contribution in [0.1, 0.15) is 21.0 Å². The molecule has 0 aliphatic carbocycles. The van der Waals surface area contributed by atoms with Crippen LogP contribution in [0.25, 0.3) is 0 Å². The topological polar surface area (TPSA) is 73.1 Å². The van der Waals surface area contributed by atoms with E-state index >= 15 is 0 Å². The van der Waals surface area contributed by atoms with E-state index in [0.29, 0.717) is 12.6 Å². The van der Waals surface area contributed by atoms with Gasteiger partial charge in [0.1, 0.15) is 0 Å². The molecule has 0 saturated carbocycles. The lowest BCUT2D eigenvalue weighted by Crippen LogP contribution is -1.86. The van der Waals surface area contributed by atoms with Crippen LogP contribution < -0.4 is 0 Å². The molecule has 0 radical (unpaired) electrons. The second-order valence-corrected chi connectivity index (χ2v) is 1.27. The van der Waals surface area contributed by atoms with Crippen molar-refractivity contribution in [3.8, 4) is 0 Å². The van der Waals surface area contributed by atoms with Crippen LogP contribution in [0.15, 0.2) is 4.63 Å². The van der Waals surface area contributed by atoms with E-state index in [0.717, 1.165) is 0 Å². The third-order valence-corrected chi connectivity index (χ3v) is 0.764. The Morgan fingerprint density at radius 1 is 1.11 bits per heavy atom. The highest BCUT2D eigenvalue weighted by molar-refractivity contribution is 5.85. The van der Waals surface area contributed by atoms with Crippen molar-refractivity contribution >= 4 is 12.6 Å². The van der Waals surface area contributed by atoms with Crippen molar-refractivity contribution in [2.75, 3.05) is 0 Å². The second-order valence-electron chi connectivity index (χ2n) is 1.27. The highest BCUT2D eigenvalue weighted by Gasteiger charge is 2.05. The molecule has 5 nitrogen and oxygen atoms in total. The molecule has 0 fully saturated rings. The van der Waals surface area contributed by atoms with Gasteiger partial charge in [-0.2, -0.15) is 0 Å². The summed E-state index contributed by atoms with van der Waals surface area (Å²) >= 11 is 0. The fraction of sp³-hybridized carbons (Fsp3) is 0. The summed E-state index contributed by atoms with van der Waals surface area (Å²) in [5, 5.41) is 6.24. The molecule has 0 unspecified atom stereocenters. The van der Waals surface area contributed by atoms with E-state index in [1.807, 2.05) is 0 Å². The molecule has 0 amide bonds. The van der Waals surface area contributed by atoms with Crippen LogP contribution in [-0.2, 0) is 0 Å². The molecule has 1 aromatic heterocycles. The summed E-state index contributed by atoms with van der Waals surface area (Å²) in [4.78, 5) is 19.9. The van der Waals surface area contributed by atoms with E-state index in [4.69, 9.17) is 0 Å².